The van der Waals surface area contributed by atoms with E-state index < -0.39 is 5.60 Å². The van der Waals surface area contributed by atoms with Gasteiger partial charge in [-0.25, -0.2) is 0 Å². The zero-order valence-corrected chi connectivity index (χ0v) is 16.4. The molecule has 144 valence electrons. The maximum absolute atomic E-state index is 11.8. The Hall–Kier alpha value is -0.830. The van der Waals surface area contributed by atoms with Crippen LogP contribution in [0.2, 0.25) is 0 Å². The highest BCUT2D eigenvalue weighted by atomic mass is 16.5. The third-order valence-electron chi connectivity index (χ3n) is 9.87. The molecule has 5 aliphatic rings. The Labute approximate surface area is 157 Å². The lowest BCUT2D eigenvalue weighted by molar-refractivity contribution is -0.160. The molecule has 4 aliphatic carbocycles. The van der Waals surface area contributed by atoms with Gasteiger partial charge in [0.2, 0.25) is 0 Å². The lowest BCUT2D eigenvalue weighted by Crippen LogP contribution is -2.57. The van der Waals surface area contributed by atoms with Gasteiger partial charge in [-0.1, -0.05) is 26.0 Å². The van der Waals surface area contributed by atoms with E-state index in [0.717, 1.165) is 37.0 Å². The fourth-order valence-electron chi connectivity index (χ4n) is 8.36. The van der Waals surface area contributed by atoms with E-state index >= 15 is 0 Å². The highest BCUT2D eigenvalue weighted by Gasteiger charge is 2.66. The van der Waals surface area contributed by atoms with Gasteiger partial charge in [-0.05, 0) is 85.9 Å². The van der Waals surface area contributed by atoms with Gasteiger partial charge in [0.15, 0.2) is 0 Å². The second-order valence-electron chi connectivity index (χ2n) is 10.5. The number of aliphatic hydroxyl groups is 1. The van der Waals surface area contributed by atoms with E-state index in [9.17, 15) is 9.90 Å². The summed E-state index contributed by atoms with van der Waals surface area (Å²) in [6, 6.07) is 0. The molecule has 5 rings (SSSR count). The molecule has 3 saturated carbocycles. The first-order chi connectivity index (χ1) is 12.4. The van der Waals surface area contributed by atoms with Crippen LogP contribution in [0.15, 0.2) is 12.2 Å². The molecule has 1 saturated heterocycles. The summed E-state index contributed by atoms with van der Waals surface area (Å²) in [5.74, 6) is 2.87. The highest BCUT2D eigenvalue weighted by molar-refractivity contribution is 5.71. The molecule has 1 N–H and O–H groups in total. The van der Waals surface area contributed by atoms with Gasteiger partial charge >= 0.3 is 5.97 Å². The zero-order valence-electron chi connectivity index (χ0n) is 16.4. The predicted molar refractivity (Wildman–Crippen MR) is 100 cm³/mol. The molecule has 0 bridgehead atoms. The molecule has 1 aliphatic heterocycles. The quantitative estimate of drug-likeness (QED) is 0.555. The van der Waals surface area contributed by atoms with Gasteiger partial charge in [-0.2, -0.15) is 0 Å². The Morgan fingerprint density at radius 1 is 1.04 bits per heavy atom. The number of hydrogen-bond acceptors (Lipinski definition) is 3. The van der Waals surface area contributed by atoms with Crippen LogP contribution in [0, 0.1) is 40.4 Å². The predicted octanol–water partition coefficient (Wildman–Crippen LogP) is 4.49. The van der Waals surface area contributed by atoms with Gasteiger partial charge in [0.05, 0.1) is 18.6 Å². The van der Waals surface area contributed by atoms with Crippen LogP contribution in [0.25, 0.3) is 0 Å². The van der Waals surface area contributed by atoms with Crippen LogP contribution in [0.4, 0.5) is 0 Å². The summed E-state index contributed by atoms with van der Waals surface area (Å²) < 4.78 is 5.25. The third kappa shape index (κ3) is 2.07. The molecule has 0 aromatic carbocycles. The van der Waals surface area contributed by atoms with E-state index in [1.54, 1.807) is 0 Å². The molecule has 1 unspecified atom stereocenters. The van der Waals surface area contributed by atoms with Gasteiger partial charge in [-0.15, -0.1) is 0 Å². The number of cyclic esters (lactones) is 1. The number of carbonyl (C=O) groups is 1. The van der Waals surface area contributed by atoms with Crippen molar-refractivity contribution in [3.05, 3.63) is 12.2 Å². The van der Waals surface area contributed by atoms with Crippen molar-refractivity contribution >= 4 is 5.97 Å². The van der Waals surface area contributed by atoms with Crippen molar-refractivity contribution in [3.8, 4) is 0 Å². The van der Waals surface area contributed by atoms with Crippen molar-refractivity contribution in [2.45, 2.75) is 77.2 Å². The molecule has 4 fully saturated rings. The normalized spacial score (nSPS) is 55.8. The SMILES string of the molecule is C[C@]12C=CCCC1CC[C@H]1[C@H]3CC[C@](O)([C@@H]4COC(=O)C4)[C@@]3(C)CC[C@@H]12. The Kier molecular flexibility index (Phi) is 3.72. The molecule has 0 radical (unpaired) electrons. The van der Waals surface area contributed by atoms with Crippen molar-refractivity contribution in [2.75, 3.05) is 6.61 Å². The molecular formula is C23H34O3. The summed E-state index contributed by atoms with van der Waals surface area (Å²) in [6.45, 7) is 5.29. The number of esters is 1. The second kappa shape index (κ2) is 5.59. The molecule has 0 spiro atoms. The Bertz CT molecular complexity index is 641. The first-order valence-corrected chi connectivity index (χ1v) is 10.9. The number of hydrogen-bond donors (Lipinski definition) is 1. The molecule has 3 nitrogen and oxygen atoms in total. The molecule has 0 aromatic heterocycles. The third-order valence-corrected chi connectivity index (χ3v) is 9.87. The molecule has 0 aromatic rings. The van der Waals surface area contributed by atoms with E-state index in [2.05, 4.69) is 26.0 Å². The van der Waals surface area contributed by atoms with E-state index in [1.807, 2.05) is 0 Å². The largest absolute Gasteiger partial charge is 0.465 e. The maximum atomic E-state index is 11.8. The van der Waals surface area contributed by atoms with E-state index in [4.69, 9.17) is 4.74 Å². The van der Waals surface area contributed by atoms with Gasteiger partial charge in [0.1, 0.15) is 0 Å². The fourth-order valence-corrected chi connectivity index (χ4v) is 8.36. The van der Waals surface area contributed by atoms with Crippen LogP contribution in [0.3, 0.4) is 0 Å². The van der Waals surface area contributed by atoms with Crippen molar-refractivity contribution in [1.29, 1.82) is 0 Å². The van der Waals surface area contributed by atoms with Crippen molar-refractivity contribution in [3.63, 3.8) is 0 Å². The summed E-state index contributed by atoms with van der Waals surface area (Å²) in [5, 5.41) is 11.8. The van der Waals surface area contributed by atoms with Crippen LogP contribution in [-0.2, 0) is 9.53 Å². The van der Waals surface area contributed by atoms with Gasteiger partial charge in [0, 0.05) is 5.92 Å². The van der Waals surface area contributed by atoms with Gasteiger partial charge in [0.25, 0.3) is 0 Å². The number of allylic oxidation sites excluding steroid dienone is 2. The number of fused-ring (bicyclic) bond motifs is 5. The van der Waals surface area contributed by atoms with Crippen molar-refractivity contribution in [2.24, 2.45) is 40.4 Å². The summed E-state index contributed by atoms with van der Waals surface area (Å²) in [5.41, 5.74) is -0.390. The van der Waals surface area contributed by atoms with Crippen molar-refractivity contribution in [1.82, 2.24) is 0 Å². The topological polar surface area (TPSA) is 46.5 Å². The smallest absolute Gasteiger partial charge is 0.306 e. The Balaban J connectivity index is 1.46. The zero-order chi connectivity index (χ0) is 18.2. The van der Waals surface area contributed by atoms with E-state index in [0.29, 0.717) is 24.4 Å². The first-order valence-electron chi connectivity index (χ1n) is 10.9. The molecule has 0 amide bonds. The van der Waals surface area contributed by atoms with Gasteiger partial charge in [-0.3, -0.25) is 4.79 Å². The second-order valence-corrected chi connectivity index (χ2v) is 10.5. The molecule has 26 heavy (non-hydrogen) atoms. The lowest BCUT2D eigenvalue weighted by atomic mass is 9.45. The Morgan fingerprint density at radius 2 is 1.85 bits per heavy atom. The van der Waals surface area contributed by atoms with Crippen molar-refractivity contribution < 1.29 is 14.6 Å². The summed E-state index contributed by atoms with van der Waals surface area (Å²) in [6.07, 6.45) is 15.1. The summed E-state index contributed by atoms with van der Waals surface area (Å²) in [4.78, 5) is 11.7. The standard InChI is InChI=1S/C23H34O3/c1-21-10-4-3-5-15(21)6-7-17-18(21)8-11-22(2)19(17)9-12-23(22,25)16-13-20(24)26-14-16/h4,10,15-19,25H,3,5-9,11-14H2,1-2H3/t15?,16-,17+,18-,19+,21-,22-,23-/m0/s1. The highest BCUT2D eigenvalue weighted by Crippen LogP contribution is 2.69. The molecule has 3 heteroatoms. The average Bonchev–Trinajstić information content (AvgIpc) is 3.17. The minimum Gasteiger partial charge on any atom is -0.465 e. The Morgan fingerprint density at radius 3 is 2.62 bits per heavy atom. The van der Waals surface area contributed by atoms with Crippen LogP contribution in [-0.4, -0.2) is 23.3 Å². The fraction of sp³-hybridized carbons (Fsp3) is 0.870. The monoisotopic (exact) mass is 358 g/mol. The minimum absolute atomic E-state index is 0.00283. The molecule has 1 heterocycles. The number of carbonyl (C=O) groups excluding carboxylic acids is 1. The lowest BCUT2D eigenvalue weighted by Gasteiger charge is -2.60. The van der Waals surface area contributed by atoms with E-state index in [-0.39, 0.29) is 17.3 Å². The average molecular weight is 359 g/mol. The number of rotatable bonds is 1. The van der Waals surface area contributed by atoms with Gasteiger partial charge < -0.3 is 9.84 Å². The summed E-state index contributed by atoms with van der Waals surface area (Å²) >= 11 is 0. The van der Waals surface area contributed by atoms with Crippen LogP contribution < -0.4 is 0 Å². The van der Waals surface area contributed by atoms with Crippen LogP contribution in [0.5, 0.6) is 0 Å². The minimum atomic E-state index is -0.713. The molecular weight excluding hydrogens is 324 g/mol. The summed E-state index contributed by atoms with van der Waals surface area (Å²) in [7, 11) is 0. The molecule has 8 atom stereocenters. The maximum Gasteiger partial charge on any atom is 0.306 e. The first kappa shape index (κ1) is 17.3. The van der Waals surface area contributed by atoms with Crippen LogP contribution >= 0.6 is 0 Å². The van der Waals surface area contributed by atoms with E-state index in [1.165, 1.54) is 32.1 Å². The van der Waals surface area contributed by atoms with Crippen LogP contribution in [0.1, 0.15) is 71.6 Å². The number of ether oxygens (including phenoxy) is 1.